The zero-order chi connectivity index (χ0) is 17.4. The van der Waals surface area contributed by atoms with Gasteiger partial charge in [0.1, 0.15) is 5.69 Å². The molecule has 2 aromatic carbocycles. The molecule has 0 aliphatic heterocycles. The van der Waals surface area contributed by atoms with E-state index in [-0.39, 0.29) is 5.78 Å². The number of hydrogen-bond donors (Lipinski definition) is 1. The molecule has 0 bridgehead atoms. The first kappa shape index (κ1) is 17.6. The average molecular weight is 382 g/mol. The first-order valence-corrected chi connectivity index (χ1v) is 7.90. The molecule has 1 heterocycles. The van der Waals surface area contributed by atoms with Crippen LogP contribution in [0.25, 0.3) is 0 Å². The van der Waals surface area contributed by atoms with Crippen LogP contribution in [-0.2, 0) is 0 Å². The quantitative estimate of drug-likeness (QED) is 0.428. The summed E-state index contributed by atoms with van der Waals surface area (Å²) in [6.07, 6.45) is 1.62. The Balaban J connectivity index is 0.000000185. The fourth-order valence-electron chi connectivity index (χ4n) is 1.88. The predicted molar refractivity (Wildman–Crippen MR) is 95.1 cm³/mol. The van der Waals surface area contributed by atoms with Gasteiger partial charge in [0.25, 0.3) is 0 Å². The van der Waals surface area contributed by atoms with E-state index < -0.39 is 5.90 Å². The van der Waals surface area contributed by atoms with Gasteiger partial charge in [0.05, 0.1) is 0 Å². The molecular formula is C19H14BrN2O2-. The maximum Gasteiger partial charge on any atom is 0.211 e. The molecule has 0 saturated carbocycles. The third kappa shape index (κ3) is 4.86. The van der Waals surface area contributed by atoms with E-state index in [1.807, 2.05) is 24.3 Å². The van der Waals surface area contributed by atoms with Crippen molar-refractivity contribution in [1.29, 1.82) is 5.41 Å². The number of nitrogens with one attached hydrogen (secondary N) is 1. The Morgan fingerprint density at radius 2 is 1.54 bits per heavy atom. The maximum atomic E-state index is 11.8. The molecule has 24 heavy (non-hydrogen) atoms. The van der Waals surface area contributed by atoms with Crippen molar-refractivity contribution in [2.45, 2.75) is 0 Å². The number of carbonyl (C=O) groups is 1. The highest BCUT2D eigenvalue weighted by molar-refractivity contribution is 9.10. The van der Waals surface area contributed by atoms with Crippen molar-refractivity contribution >= 4 is 27.6 Å². The van der Waals surface area contributed by atoms with Crippen molar-refractivity contribution < 1.29 is 9.90 Å². The van der Waals surface area contributed by atoms with Gasteiger partial charge in [-0.2, -0.15) is 0 Å². The second-order valence-corrected chi connectivity index (χ2v) is 5.57. The summed E-state index contributed by atoms with van der Waals surface area (Å²) in [7, 11) is 0. The minimum absolute atomic E-state index is 0.0359. The summed E-state index contributed by atoms with van der Waals surface area (Å²) in [5.41, 5.74) is 1.56. The summed E-state index contributed by atoms with van der Waals surface area (Å²) in [6.45, 7) is 0. The van der Waals surface area contributed by atoms with Crippen molar-refractivity contribution in [3.8, 4) is 0 Å². The normalized spacial score (nSPS) is 9.54. The molecule has 0 aliphatic rings. The lowest BCUT2D eigenvalue weighted by Gasteiger charge is -2.07. The Bertz CT molecular complexity index is 780. The predicted octanol–water partition coefficient (Wildman–Crippen LogP) is 3.45. The van der Waals surface area contributed by atoms with Crippen molar-refractivity contribution in [2.24, 2.45) is 0 Å². The van der Waals surface area contributed by atoms with E-state index in [4.69, 9.17) is 5.41 Å². The van der Waals surface area contributed by atoms with Gasteiger partial charge >= 0.3 is 0 Å². The van der Waals surface area contributed by atoms with Gasteiger partial charge in [0.15, 0.2) is 0 Å². The van der Waals surface area contributed by atoms with Gasteiger partial charge < -0.3 is 10.5 Å². The van der Waals surface area contributed by atoms with E-state index in [1.54, 1.807) is 54.7 Å². The zero-order valence-corrected chi connectivity index (χ0v) is 14.2. The second-order valence-electron chi connectivity index (χ2n) is 4.72. The molecule has 120 valence electrons. The van der Waals surface area contributed by atoms with E-state index in [2.05, 4.69) is 20.9 Å². The molecule has 3 rings (SSSR count). The Hall–Kier alpha value is -2.79. The zero-order valence-electron chi connectivity index (χ0n) is 12.6. The molecule has 0 atom stereocenters. The minimum atomic E-state index is -0.660. The number of ketones is 1. The highest BCUT2D eigenvalue weighted by Crippen LogP contribution is 2.14. The van der Waals surface area contributed by atoms with Crippen LogP contribution in [0.2, 0.25) is 0 Å². The molecule has 0 radical (unpaired) electrons. The van der Waals surface area contributed by atoms with Crippen LogP contribution in [0.4, 0.5) is 0 Å². The maximum absolute atomic E-state index is 11.8. The smallest absolute Gasteiger partial charge is 0.211 e. The third-order valence-electron chi connectivity index (χ3n) is 3.05. The number of benzene rings is 2. The number of rotatable bonds is 3. The number of hydrogen-bond acceptors (Lipinski definition) is 4. The largest absolute Gasteiger partial charge is 0.859 e. The molecule has 5 heteroatoms. The van der Waals surface area contributed by atoms with Crippen LogP contribution < -0.4 is 5.11 Å². The molecule has 0 unspecified atom stereocenters. The van der Waals surface area contributed by atoms with Crippen molar-refractivity contribution in [3.05, 3.63) is 100 Å². The van der Waals surface area contributed by atoms with E-state index >= 15 is 0 Å². The van der Waals surface area contributed by atoms with Crippen LogP contribution in [0.3, 0.4) is 0 Å². The summed E-state index contributed by atoms with van der Waals surface area (Å²) in [6, 6.07) is 21.3. The Kier molecular flexibility index (Phi) is 6.40. The highest BCUT2D eigenvalue weighted by Gasteiger charge is 2.07. The van der Waals surface area contributed by atoms with Gasteiger partial charge in [-0.1, -0.05) is 70.5 Å². The van der Waals surface area contributed by atoms with Gasteiger partial charge in [0.2, 0.25) is 5.78 Å². The van der Waals surface area contributed by atoms with Crippen LogP contribution >= 0.6 is 15.9 Å². The SMILES string of the molecule is N=C([O-])c1ccccc1Br.O=C(c1ccccc1)c1ccccn1. The molecular weight excluding hydrogens is 368 g/mol. The fourth-order valence-corrected chi connectivity index (χ4v) is 2.34. The van der Waals surface area contributed by atoms with Crippen LogP contribution in [-0.4, -0.2) is 16.7 Å². The third-order valence-corrected chi connectivity index (χ3v) is 3.74. The summed E-state index contributed by atoms with van der Waals surface area (Å²) in [5, 5.41) is 17.3. The highest BCUT2D eigenvalue weighted by atomic mass is 79.9. The van der Waals surface area contributed by atoms with Crippen molar-refractivity contribution in [2.75, 3.05) is 0 Å². The Morgan fingerprint density at radius 1 is 0.917 bits per heavy atom. The van der Waals surface area contributed by atoms with Gasteiger partial charge in [-0.05, 0) is 29.7 Å². The molecule has 1 N–H and O–H groups in total. The molecule has 0 fully saturated rings. The average Bonchev–Trinajstić information content (AvgIpc) is 2.63. The summed E-state index contributed by atoms with van der Waals surface area (Å²) >= 11 is 3.16. The molecule has 0 amide bonds. The standard InChI is InChI=1S/C12H9NO.C7H6BrNO/c14-12(10-6-2-1-3-7-10)11-8-4-5-9-13-11;8-6-4-2-1-3-5(6)7(9)10/h1-9H;1-4H,(H2,9,10)/p-1. The Labute approximate surface area is 148 Å². The van der Waals surface area contributed by atoms with Crippen LogP contribution in [0.1, 0.15) is 21.6 Å². The summed E-state index contributed by atoms with van der Waals surface area (Å²) < 4.78 is 0.676. The lowest BCUT2D eigenvalue weighted by molar-refractivity contribution is -0.214. The monoisotopic (exact) mass is 381 g/mol. The van der Waals surface area contributed by atoms with Crippen LogP contribution in [0.5, 0.6) is 0 Å². The van der Waals surface area contributed by atoms with Crippen LogP contribution in [0, 0.1) is 5.41 Å². The summed E-state index contributed by atoms with van der Waals surface area (Å²) in [4.78, 5) is 15.8. The first-order valence-electron chi connectivity index (χ1n) is 7.11. The van der Waals surface area contributed by atoms with Crippen LogP contribution in [0.15, 0.2) is 83.5 Å². The van der Waals surface area contributed by atoms with E-state index in [1.165, 1.54) is 0 Å². The van der Waals surface area contributed by atoms with Gasteiger partial charge in [-0.15, -0.1) is 0 Å². The molecule has 0 spiro atoms. The number of nitrogens with zero attached hydrogens (tertiary/aromatic N) is 1. The molecule has 0 aliphatic carbocycles. The second kappa shape index (κ2) is 8.74. The first-order chi connectivity index (χ1) is 11.6. The fraction of sp³-hybridized carbons (Fsp3) is 0. The van der Waals surface area contributed by atoms with E-state index in [9.17, 15) is 9.90 Å². The lowest BCUT2D eigenvalue weighted by Crippen LogP contribution is -2.17. The van der Waals surface area contributed by atoms with Crippen molar-refractivity contribution in [3.63, 3.8) is 0 Å². The Morgan fingerprint density at radius 3 is 2.08 bits per heavy atom. The van der Waals surface area contributed by atoms with Crippen molar-refractivity contribution in [1.82, 2.24) is 4.98 Å². The molecule has 4 nitrogen and oxygen atoms in total. The molecule has 3 aromatic rings. The number of aromatic nitrogens is 1. The van der Waals surface area contributed by atoms with E-state index in [0.717, 1.165) is 0 Å². The molecule has 0 saturated heterocycles. The lowest BCUT2D eigenvalue weighted by atomic mass is 10.1. The minimum Gasteiger partial charge on any atom is -0.859 e. The van der Waals surface area contributed by atoms with E-state index in [0.29, 0.717) is 21.3 Å². The van der Waals surface area contributed by atoms with Gasteiger partial charge in [-0.3, -0.25) is 9.78 Å². The number of pyridine rings is 1. The topological polar surface area (TPSA) is 76.9 Å². The molecule has 1 aromatic heterocycles. The number of halogens is 1. The summed E-state index contributed by atoms with van der Waals surface area (Å²) in [5.74, 6) is -0.696. The number of carbonyl (C=O) groups excluding carboxylic acids is 1. The van der Waals surface area contributed by atoms with Gasteiger partial charge in [0, 0.05) is 16.2 Å². The van der Waals surface area contributed by atoms with Gasteiger partial charge in [-0.25, -0.2) is 0 Å².